The van der Waals surface area contributed by atoms with Crippen molar-refractivity contribution in [1.82, 2.24) is 19.0 Å². The third-order valence-electron chi connectivity index (χ3n) is 5.45. The van der Waals surface area contributed by atoms with Gasteiger partial charge in [-0.2, -0.15) is 0 Å². The second kappa shape index (κ2) is 6.96. The third-order valence-corrected chi connectivity index (χ3v) is 5.45. The van der Waals surface area contributed by atoms with Crippen molar-refractivity contribution in [2.45, 2.75) is 25.5 Å². The van der Waals surface area contributed by atoms with E-state index < -0.39 is 6.10 Å². The first-order valence-electron chi connectivity index (χ1n) is 9.10. The summed E-state index contributed by atoms with van der Waals surface area (Å²) in [4.78, 5) is 18.9. The quantitative estimate of drug-likeness (QED) is 0.784. The van der Waals surface area contributed by atoms with Crippen LogP contribution in [-0.2, 0) is 18.4 Å². The van der Waals surface area contributed by atoms with Crippen LogP contribution in [0.4, 0.5) is 0 Å². The lowest BCUT2D eigenvalue weighted by Gasteiger charge is -2.34. The molecule has 0 saturated carbocycles. The molecule has 1 fully saturated rings. The van der Waals surface area contributed by atoms with Gasteiger partial charge in [0.2, 0.25) is 5.91 Å². The highest BCUT2D eigenvalue weighted by Crippen LogP contribution is 2.29. The molecular weight excluding hydrogens is 328 g/mol. The van der Waals surface area contributed by atoms with Gasteiger partial charge in [0.25, 0.3) is 0 Å². The molecular formula is C20H24N4O2. The highest BCUT2D eigenvalue weighted by atomic mass is 16.3. The molecule has 0 bridgehead atoms. The van der Waals surface area contributed by atoms with Crippen LogP contribution < -0.4 is 0 Å². The maximum absolute atomic E-state index is 12.7. The summed E-state index contributed by atoms with van der Waals surface area (Å²) in [7, 11) is 1.89. The van der Waals surface area contributed by atoms with Gasteiger partial charge in [0.15, 0.2) is 0 Å². The van der Waals surface area contributed by atoms with E-state index in [4.69, 9.17) is 0 Å². The van der Waals surface area contributed by atoms with E-state index in [9.17, 15) is 9.90 Å². The molecule has 3 aromatic rings. The zero-order valence-electron chi connectivity index (χ0n) is 15.0. The van der Waals surface area contributed by atoms with E-state index in [2.05, 4.69) is 11.1 Å². The highest BCUT2D eigenvalue weighted by Gasteiger charge is 2.30. The number of carbonyl (C=O) groups excluding carboxylic acids is 1. The zero-order chi connectivity index (χ0) is 18.1. The zero-order valence-corrected chi connectivity index (χ0v) is 15.0. The molecule has 1 atom stereocenters. The van der Waals surface area contributed by atoms with Crippen molar-refractivity contribution in [1.29, 1.82) is 0 Å². The van der Waals surface area contributed by atoms with Crippen molar-refractivity contribution in [2.75, 3.05) is 13.1 Å². The number of aliphatic hydroxyl groups excluding tert-OH is 1. The molecule has 0 radical (unpaired) electrons. The minimum absolute atomic E-state index is 0.135. The number of piperidine rings is 1. The van der Waals surface area contributed by atoms with E-state index in [1.165, 1.54) is 0 Å². The summed E-state index contributed by atoms with van der Waals surface area (Å²) < 4.78 is 3.87. The van der Waals surface area contributed by atoms with Crippen LogP contribution in [0.15, 0.2) is 48.9 Å². The Morgan fingerprint density at radius 1 is 1.23 bits per heavy atom. The summed E-state index contributed by atoms with van der Waals surface area (Å²) >= 11 is 0. The minimum atomic E-state index is -0.569. The van der Waals surface area contributed by atoms with E-state index in [1.54, 1.807) is 6.20 Å². The summed E-state index contributed by atoms with van der Waals surface area (Å²) in [5, 5.41) is 11.7. The number of carbonyl (C=O) groups is 1. The van der Waals surface area contributed by atoms with Crippen molar-refractivity contribution in [3.63, 3.8) is 0 Å². The molecule has 6 heteroatoms. The van der Waals surface area contributed by atoms with Crippen LogP contribution in [0.2, 0.25) is 0 Å². The van der Waals surface area contributed by atoms with E-state index in [0.717, 1.165) is 23.7 Å². The Hall–Kier alpha value is -2.60. The van der Waals surface area contributed by atoms with Crippen molar-refractivity contribution in [2.24, 2.45) is 13.0 Å². The fraction of sp³-hybridized carbons (Fsp3) is 0.400. The maximum Gasteiger partial charge on any atom is 0.242 e. The van der Waals surface area contributed by atoms with Crippen LogP contribution in [-0.4, -0.2) is 43.1 Å². The third kappa shape index (κ3) is 3.12. The summed E-state index contributed by atoms with van der Waals surface area (Å²) in [6, 6.07) is 10.1. The molecule has 0 spiro atoms. The molecule has 26 heavy (non-hydrogen) atoms. The van der Waals surface area contributed by atoms with Gasteiger partial charge >= 0.3 is 0 Å². The summed E-state index contributed by atoms with van der Waals surface area (Å²) in [5.74, 6) is 0.984. The lowest BCUT2D eigenvalue weighted by Crippen LogP contribution is -2.41. The minimum Gasteiger partial charge on any atom is -0.385 e. The van der Waals surface area contributed by atoms with Crippen LogP contribution in [0.5, 0.6) is 0 Å². The van der Waals surface area contributed by atoms with E-state index in [1.807, 2.05) is 57.7 Å². The Morgan fingerprint density at radius 3 is 2.73 bits per heavy atom. The van der Waals surface area contributed by atoms with Crippen molar-refractivity contribution in [3.05, 3.63) is 54.7 Å². The molecule has 4 rings (SSSR count). The Morgan fingerprint density at radius 2 is 2.00 bits per heavy atom. The van der Waals surface area contributed by atoms with Gasteiger partial charge in [0.1, 0.15) is 18.5 Å². The standard InChI is InChI=1S/C20H24N4O2/c1-22-13-9-21-20(22)19(26)16-7-10-23(11-8-16)18(25)14-24-12-6-15-4-2-3-5-17(15)24/h2-6,9,12-13,16,19,26H,7-8,10-11,14H2,1H3. The van der Waals surface area contributed by atoms with Gasteiger partial charge in [0.05, 0.1) is 0 Å². The molecule has 6 nitrogen and oxygen atoms in total. The highest BCUT2D eigenvalue weighted by molar-refractivity contribution is 5.83. The molecule has 1 unspecified atom stereocenters. The number of aliphatic hydroxyl groups is 1. The molecule has 1 aliphatic rings. The largest absolute Gasteiger partial charge is 0.385 e. The van der Waals surface area contributed by atoms with Gasteiger partial charge in [-0.3, -0.25) is 4.79 Å². The number of nitrogens with zero attached hydrogens (tertiary/aromatic N) is 4. The maximum atomic E-state index is 12.7. The first kappa shape index (κ1) is 16.8. The Bertz CT molecular complexity index is 905. The van der Waals surface area contributed by atoms with Gasteiger partial charge in [-0.25, -0.2) is 4.98 Å². The fourth-order valence-electron chi connectivity index (χ4n) is 3.86. The summed E-state index contributed by atoms with van der Waals surface area (Å²) in [6.45, 7) is 1.73. The smallest absolute Gasteiger partial charge is 0.242 e. The lowest BCUT2D eigenvalue weighted by atomic mass is 9.90. The number of amides is 1. The number of aryl methyl sites for hydroxylation is 1. The number of fused-ring (bicyclic) bond motifs is 1. The molecule has 1 N–H and O–H groups in total. The van der Waals surface area contributed by atoms with Crippen LogP contribution in [0.1, 0.15) is 24.8 Å². The van der Waals surface area contributed by atoms with Crippen LogP contribution in [0.3, 0.4) is 0 Å². The number of aromatic nitrogens is 3. The average Bonchev–Trinajstić information content (AvgIpc) is 3.28. The topological polar surface area (TPSA) is 63.3 Å². The van der Waals surface area contributed by atoms with Crippen LogP contribution in [0.25, 0.3) is 10.9 Å². The molecule has 3 heterocycles. The number of imidazole rings is 1. The first-order chi connectivity index (χ1) is 12.6. The number of benzene rings is 1. The van der Waals surface area contributed by atoms with Crippen molar-refractivity contribution >= 4 is 16.8 Å². The predicted molar refractivity (Wildman–Crippen MR) is 99.4 cm³/mol. The molecule has 1 amide bonds. The molecule has 1 saturated heterocycles. The molecule has 136 valence electrons. The van der Waals surface area contributed by atoms with E-state index in [0.29, 0.717) is 25.5 Å². The van der Waals surface area contributed by atoms with E-state index in [-0.39, 0.29) is 11.8 Å². The van der Waals surface area contributed by atoms with Crippen molar-refractivity contribution < 1.29 is 9.90 Å². The van der Waals surface area contributed by atoms with E-state index >= 15 is 0 Å². The van der Waals surface area contributed by atoms with Gasteiger partial charge < -0.3 is 19.1 Å². The fourth-order valence-corrected chi connectivity index (χ4v) is 3.86. The molecule has 0 aliphatic carbocycles. The van der Waals surface area contributed by atoms with Crippen LogP contribution in [0, 0.1) is 5.92 Å². The lowest BCUT2D eigenvalue weighted by molar-refractivity contribution is -0.133. The normalized spacial score (nSPS) is 16.9. The van der Waals surface area contributed by atoms with Gasteiger partial charge in [0, 0.05) is 44.2 Å². The Balaban J connectivity index is 1.37. The summed E-state index contributed by atoms with van der Waals surface area (Å²) in [6.07, 6.45) is 6.55. The predicted octanol–water partition coefficient (Wildman–Crippen LogP) is 2.35. The Kier molecular flexibility index (Phi) is 4.51. The first-order valence-corrected chi connectivity index (χ1v) is 9.10. The molecule has 2 aromatic heterocycles. The number of hydrogen-bond donors (Lipinski definition) is 1. The second-order valence-electron chi connectivity index (χ2n) is 7.06. The van der Waals surface area contributed by atoms with Crippen molar-refractivity contribution in [3.8, 4) is 0 Å². The summed E-state index contributed by atoms with van der Waals surface area (Å²) in [5.41, 5.74) is 1.08. The molecule has 1 aliphatic heterocycles. The monoisotopic (exact) mass is 352 g/mol. The number of para-hydroxylation sites is 1. The number of likely N-dealkylation sites (tertiary alicyclic amines) is 1. The Labute approximate surface area is 152 Å². The van der Waals surface area contributed by atoms with Gasteiger partial charge in [-0.15, -0.1) is 0 Å². The SMILES string of the molecule is Cn1ccnc1C(O)C1CCN(C(=O)Cn2ccc3ccccc32)CC1. The number of hydrogen-bond acceptors (Lipinski definition) is 3. The second-order valence-corrected chi connectivity index (χ2v) is 7.06. The van der Waals surface area contributed by atoms with Crippen LogP contribution >= 0.6 is 0 Å². The number of rotatable bonds is 4. The molecule has 1 aromatic carbocycles. The van der Waals surface area contributed by atoms with Gasteiger partial charge in [-0.05, 0) is 36.3 Å². The van der Waals surface area contributed by atoms with Gasteiger partial charge in [-0.1, -0.05) is 18.2 Å². The average molecular weight is 352 g/mol.